The van der Waals surface area contributed by atoms with Crippen molar-refractivity contribution in [3.8, 4) is 0 Å². The molecule has 1 atom stereocenters. The Morgan fingerprint density at radius 1 is 1.58 bits per heavy atom. The molecule has 66 valence electrons. The van der Waals surface area contributed by atoms with Crippen LogP contribution in [0.2, 0.25) is 0 Å². The SMILES string of the molecule is CC1c2cc(Br)nn2CCN1C. The normalized spacial score (nSPS) is 24.1. The molecule has 0 amide bonds. The van der Waals surface area contributed by atoms with E-state index >= 15 is 0 Å². The molecule has 0 N–H and O–H groups in total. The number of hydrogen-bond donors (Lipinski definition) is 0. The van der Waals surface area contributed by atoms with Gasteiger partial charge >= 0.3 is 0 Å². The Labute approximate surface area is 80.5 Å². The Morgan fingerprint density at radius 2 is 2.33 bits per heavy atom. The average molecular weight is 230 g/mol. The van der Waals surface area contributed by atoms with Crippen molar-refractivity contribution in [2.75, 3.05) is 13.6 Å². The van der Waals surface area contributed by atoms with Crippen LogP contribution < -0.4 is 0 Å². The summed E-state index contributed by atoms with van der Waals surface area (Å²) in [7, 11) is 2.15. The molecule has 0 aromatic carbocycles. The van der Waals surface area contributed by atoms with E-state index in [1.165, 1.54) is 5.69 Å². The van der Waals surface area contributed by atoms with Crippen LogP contribution in [-0.4, -0.2) is 28.3 Å². The van der Waals surface area contributed by atoms with Gasteiger partial charge in [0, 0.05) is 12.6 Å². The highest BCUT2D eigenvalue weighted by atomic mass is 79.9. The molecule has 1 aromatic heterocycles. The van der Waals surface area contributed by atoms with Crippen LogP contribution in [0.25, 0.3) is 0 Å². The average Bonchev–Trinajstić information content (AvgIpc) is 2.39. The summed E-state index contributed by atoms with van der Waals surface area (Å²) in [5.74, 6) is 0. The Morgan fingerprint density at radius 3 is 3.08 bits per heavy atom. The number of aromatic nitrogens is 2. The summed E-state index contributed by atoms with van der Waals surface area (Å²) in [6.45, 7) is 4.29. The van der Waals surface area contributed by atoms with Crippen molar-refractivity contribution in [3.05, 3.63) is 16.4 Å². The van der Waals surface area contributed by atoms with Gasteiger partial charge < -0.3 is 0 Å². The Hall–Kier alpha value is -0.350. The molecule has 2 rings (SSSR count). The predicted molar refractivity (Wildman–Crippen MR) is 51.0 cm³/mol. The Bertz CT molecular complexity index is 294. The van der Waals surface area contributed by atoms with Crippen LogP contribution in [-0.2, 0) is 6.54 Å². The maximum absolute atomic E-state index is 4.34. The van der Waals surface area contributed by atoms with Gasteiger partial charge in [0.1, 0.15) is 4.60 Å². The standard InChI is InChI=1S/C8H12BrN3/c1-6-7-5-8(9)10-12(7)4-3-11(6)2/h5-6H,3-4H2,1-2H3. The van der Waals surface area contributed by atoms with Crippen molar-refractivity contribution >= 4 is 15.9 Å². The zero-order valence-corrected chi connectivity index (χ0v) is 8.87. The van der Waals surface area contributed by atoms with E-state index in [1.54, 1.807) is 0 Å². The van der Waals surface area contributed by atoms with E-state index in [0.29, 0.717) is 6.04 Å². The fourth-order valence-corrected chi connectivity index (χ4v) is 2.01. The summed E-state index contributed by atoms with van der Waals surface area (Å²) in [6, 6.07) is 2.58. The molecule has 0 spiro atoms. The zero-order chi connectivity index (χ0) is 8.72. The van der Waals surface area contributed by atoms with Crippen LogP contribution in [0.15, 0.2) is 10.7 Å². The minimum absolute atomic E-state index is 0.484. The summed E-state index contributed by atoms with van der Waals surface area (Å²) in [6.07, 6.45) is 0. The molecule has 0 radical (unpaired) electrons. The molecule has 0 aliphatic carbocycles. The molecule has 1 aliphatic rings. The lowest BCUT2D eigenvalue weighted by atomic mass is 10.2. The third kappa shape index (κ3) is 1.19. The van der Waals surface area contributed by atoms with Crippen LogP contribution in [0.1, 0.15) is 18.7 Å². The number of halogens is 1. The monoisotopic (exact) mass is 229 g/mol. The van der Waals surface area contributed by atoms with Crippen LogP contribution >= 0.6 is 15.9 Å². The van der Waals surface area contributed by atoms with Crippen molar-refractivity contribution in [2.24, 2.45) is 0 Å². The van der Waals surface area contributed by atoms with E-state index in [9.17, 15) is 0 Å². The van der Waals surface area contributed by atoms with Gasteiger partial charge in [-0.05, 0) is 36.0 Å². The topological polar surface area (TPSA) is 21.1 Å². The number of rotatable bonds is 0. The van der Waals surface area contributed by atoms with Crippen molar-refractivity contribution < 1.29 is 0 Å². The summed E-state index contributed by atoms with van der Waals surface area (Å²) < 4.78 is 3.02. The Kier molecular flexibility index (Phi) is 1.96. The van der Waals surface area contributed by atoms with E-state index in [0.717, 1.165) is 17.7 Å². The number of likely N-dealkylation sites (N-methyl/N-ethyl adjacent to an activating group) is 1. The minimum Gasteiger partial charge on any atom is -0.296 e. The first-order chi connectivity index (χ1) is 5.68. The highest BCUT2D eigenvalue weighted by Crippen LogP contribution is 2.25. The fourth-order valence-electron chi connectivity index (χ4n) is 1.59. The van der Waals surface area contributed by atoms with E-state index in [-0.39, 0.29) is 0 Å². The van der Waals surface area contributed by atoms with Crippen LogP contribution in [0.5, 0.6) is 0 Å². The second-order valence-electron chi connectivity index (χ2n) is 3.27. The predicted octanol–water partition coefficient (Wildman–Crippen LogP) is 1.65. The smallest absolute Gasteiger partial charge is 0.128 e. The molecule has 12 heavy (non-hydrogen) atoms. The third-order valence-corrected chi connectivity index (χ3v) is 2.92. The molecule has 3 nitrogen and oxygen atoms in total. The van der Waals surface area contributed by atoms with Gasteiger partial charge in [0.2, 0.25) is 0 Å². The fraction of sp³-hybridized carbons (Fsp3) is 0.625. The summed E-state index contributed by atoms with van der Waals surface area (Å²) in [5, 5.41) is 4.34. The van der Waals surface area contributed by atoms with Gasteiger partial charge in [-0.3, -0.25) is 9.58 Å². The molecule has 0 fully saturated rings. The van der Waals surface area contributed by atoms with Gasteiger partial charge in [0.25, 0.3) is 0 Å². The molecule has 1 aliphatic heterocycles. The molecule has 0 bridgehead atoms. The molecule has 0 saturated heterocycles. The number of hydrogen-bond acceptors (Lipinski definition) is 2. The van der Waals surface area contributed by atoms with E-state index < -0.39 is 0 Å². The van der Waals surface area contributed by atoms with E-state index in [2.05, 4.69) is 50.6 Å². The lowest BCUT2D eigenvalue weighted by Crippen LogP contribution is -2.33. The van der Waals surface area contributed by atoms with Gasteiger partial charge in [-0.25, -0.2) is 0 Å². The molecule has 0 saturated carbocycles. The first kappa shape index (κ1) is 8.26. The molecule has 2 heterocycles. The second kappa shape index (κ2) is 2.85. The summed E-state index contributed by atoms with van der Waals surface area (Å²) in [4.78, 5) is 2.34. The second-order valence-corrected chi connectivity index (χ2v) is 4.08. The first-order valence-corrected chi connectivity index (χ1v) is 4.91. The van der Waals surface area contributed by atoms with Gasteiger partial charge in [-0.15, -0.1) is 0 Å². The zero-order valence-electron chi connectivity index (χ0n) is 7.29. The Balaban J connectivity index is 2.41. The van der Waals surface area contributed by atoms with Crippen molar-refractivity contribution in [1.82, 2.24) is 14.7 Å². The first-order valence-electron chi connectivity index (χ1n) is 4.12. The van der Waals surface area contributed by atoms with Gasteiger partial charge in [0.05, 0.1) is 12.2 Å². The van der Waals surface area contributed by atoms with Crippen LogP contribution in [0.4, 0.5) is 0 Å². The maximum Gasteiger partial charge on any atom is 0.128 e. The number of fused-ring (bicyclic) bond motifs is 1. The highest BCUT2D eigenvalue weighted by Gasteiger charge is 2.21. The van der Waals surface area contributed by atoms with Crippen molar-refractivity contribution in [1.29, 1.82) is 0 Å². The lowest BCUT2D eigenvalue weighted by molar-refractivity contribution is 0.202. The maximum atomic E-state index is 4.34. The molecular weight excluding hydrogens is 218 g/mol. The summed E-state index contributed by atoms with van der Waals surface area (Å²) in [5.41, 5.74) is 1.30. The lowest BCUT2D eigenvalue weighted by Gasteiger charge is -2.30. The van der Waals surface area contributed by atoms with Crippen LogP contribution in [0, 0.1) is 0 Å². The molecular formula is C8H12BrN3. The largest absolute Gasteiger partial charge is 0.296 e. The van der Waals surface area contributed by atoms with Crippen LogP contribution in [0.3, 0.4) is 0 Å². The molecule has 1 aromatic rings. The van der Waals surface area contributed by atoms with E-state index in [4.69, 9.17) is 0 Å². The van der Waals surface area contributed by atoms with Crippen molar-refractivity contribution in [3.63, 3.8) is 0 Å². The third-order valence-electron chi connectivity index (χ3n) is 2.53. The van der Waals surface area contributed by atoms with Gasteiger partial charge in [-0.2, -0.15) is 5.10 Å². The van der Waals surface area contributed by atoms with E-state index in [1.807, 2.05) is 0 Å². The van der Waals surface area contributed by atoms with Crippen molar-refractivity contribution in [2.45, 2.75) is 19.5 Å². The van der Waals surface area contributed by atoms with Gasteiger partial charge in [0.15, 0.2) is 0 Å². The minimum atomic E-state index is 0.484. The number of nitrogens with zero attached hydrogens (tertiary/aromatic N) is 3. The van der Waals surface area contributed by atoms with Gasteiger partial charge in [-0.1, -0.05) is 0 Å². The summed E-state index contributed by atoms with van der Waals surface area (Å²) >= 11 is 3.39. The highest BCUT2D eigenvalue weighted by molar-refractivity contribution is 9.10. The molecule has 4 heteroatoms. The quantitative estimate of drug-likeness (QED) is 0.675. The molecule has 1 unspecified atom stereocenters.